The number of aryl methyl sites for hydroxylation is 1. The Labute approximate surface area is 129 Å². The minimum absolute atomic E-state index is 0.303. The predicted molar refractivity (Wildman–Crippen MR) is 82.6 cm³/mol. The lowest BCUT2D eigenvalue weighted by Crippen LogP contribution is -2.39. The first-order valence-electron chi connectivity index (χ1n) is 7.71. The summed E-state index contributed by atoms with van der Waals surface area (Å²) in [6.45, 7) is 2.03. The normalized spacial score (nSPS) is 24.6. The Bertz CT molecular complexity index is 701. The van der Waals surface area contributed by atoms with Crippen LogP contribution in [0.3, 0.4) is 0 Å². The van der Waals surface area contributed by atoms with Crippen LogP contribution < -0.4 is 4.74 Å². The van der Waals surface area contributed by atoms with Crippen molar-refractivity contribution in [1.29, 1.82) is 0 Å². The number of rotatable bonds is 3. The van der Waals surface area contributed by atoms with Crippen LogP contribution in [0.5, 0.6) is 5.75 Å². The molecule has 1 saturated heterocycles. The molecule has 1 spiro atoms. The fourth-order valence-electron chi connectivity index (χ4n) is 3.34. The van der Waals surface area contributed by atoms with Crippen molar-refractivity contribution in [2.45, 2.75) is 37.4 Å². The molecule has 2 aromatic rings. The third-order valence-electron chi connectivity index (χ3n) is 4.81. The second kappa shape index (κ2) is 4.68. The third-order valence-corrected chi connectivity index (χ3v) is 4.81. The molecule has 2 aliphatic rings. The van der Waals surface area contributed by atoms with E-state index in [1.165, 1.54) is 5.56 Å². The number of carbonyl (C=O) groups is 1. The molecule has 0 N–H and O–H groups in total. The van der Waals surface area contributed by atoms with E-state index < -0.39 is 5.60 Å². The number of epoxide rings is 1. The fourth-order valence-corrected chi connectivity index (χ4v) is 3.34. The molecule has 3 heteroatoms. The van der Waals surface area contributed by atoms with Gasteiger partial charge in [-0.1, -0.05) is 48.0 Å². The summed E-state index contributed by atoms with van der Waals surface area (Å²) in [5, 5.41) is 0. The summed E-state index contributed by atoms with van der Waals surface area (Å²) < 4.78 is 11.6. The summed E-state index contributed by atoms with van der Waals surface area (Å²) in [5.41, 5.74) is 0.806. The smallest absolute Gasteiger partial charge is 0.351 e. The second-order valence-corrected chi connectivity index (χ2v) is 6.20. The van der Waals surface area contributed by atoms with Crippen LogP contribution >= 0.6 is 0 Å². The molecule has 0 amide bonds. The van der Waals surface area contributed by atoms with Gasteiger partial charge in [0.25, 0.3) is 0 Å². The van der Waals surface area contributed by atoms with Gasteiger partial charge in [-0.15, -0.1) is 0 Å². The summed E-state index contributed by atoms with van der Waals surface area (Å²) in [6, 6.07) is 17.2. The van der Waals surface area contributed by atoms with Crippen LogP contribution in [0.15, 0.2) is 54.6 Å². The summed E-state index contributed by atoms with van der Waals surface area (Å²) >= 11 is 0. The van der Waals surface area contributed by atoms with Gasteiger partial charge in [0.05, 0.1) is 0 Å². The molecule has 22 heavy (non-hydrogen) atoms. The van der Waals surface area contributed by atoms with E-state index in [1.54, 1.807) is 12.1 Å². The molecular formula is C19H18O3. The zero-order chi connectivity index (χ0) is 15.2. The van der Waals surface area contributed by atoms with E-state index in [-0.39, 0.29) is 11.6 Å². The van der Waals surface area contributed by atoms with E-state index in [2.05, 4.69) is 0 Å². The zero-order valence-corrected chi connectivity index (χ0v) is 12.5. The number of esters is 1. The quantitative estimate of drug-likeness (QED) is 0.491. The van der Waals surface area contributed by atoms with E-state index >= 15 is 0 Å². The maximum atomic E-state index is 12.8. The molecule has 3 nitrogen and oxygen atoms in total. The van der Waals surface area contributed by atoms with E-state index in [4.69, 9.17) is 9.47 Å². The molecule has 1 aliphatic heterocycles. The van der Waals surface area contributed by atoms with Gasteiger partial charge in [0.2, 0.25) is 5.60 Å². The van der Waals surface area contributed by atoms with Crippen molar-refractivity contribution in [2.75, 3.05) is 0 Å². The van der Waals surface area contributed by atoms with Gasteiger partial charge in [0.1, 0.15) is 11.4 Å². The van der Waals surface area contributed by atoms with Crippen LogP contribution in [-0.2, 0) is 15.1 Å². The van der Waals surface area contributed by atoms with Gasteiger partial charge in [-0.25, -0.2) is 4.79 Å². The lowest BCUT2D eigenvalue weighted by molar-refractivity contribution is -0.141. The first-order valence-corrected chi connectivity index (χ1v) is 7.71. The Morgan fingerprint density at radius 2 is 1.73 bits per heavy atom. The SMILES string of the molecule is Cc1ccc(C2(C(=O)Oc3ccccc3)OC23CCC3)cc1. The van der Waals surface area contributed by atoms with E-state index in [0.29, 0.717) is 5.75 Å². The number of hydrogen-bond acceptors (Lipinski definition) is 3. The van der Waals surface area contributed by atoms with Gasteiger partial charge < -0.3 is 9.47 Å². The van der Waals surface area contributed by atoms with Gasteiger partial charge in [-0.05, 0) is 43.9 Å². The van der Waals surface area contributed by atoms with E-state index in [1.807, 2.05) is 49.4 Å². The maximum Gasteiger partial charge on any atom is 0.351 e. The van der Waals surface area contributed by atoms with Crippen molar-refractivity contribution in [1.82, 2.24) is 0 Å². The van der Waals surface area contributed by atoms with Crippen LogP contribution in [0.2, 0.25) is 0 Å². The average molecular weight is 294 g/mol. The molecule has 112 valence electrons. The van der Waals surface area contributed by atoms with Gasteiger partial charge >= 0.3 is 5.97 Å². The van der Waals surface area contributed by atoms with Crippen LogP contribution in [0.4, 0.5) is 0 Å². The Morgan fingerprint density at radius 3 is 2.27 bits per heavy atom. The Morgan fingerprint density at radius 1 is 1.05 bits per heavy atom. The summed E-state index contributed by atoms with van der Waals surface area (Å²) in [7, 11) is 0. The lowest BCUT2D eigenvalue weighted by atomic mass is 9.73. The summed E-state index contributed by atoms with van der Waals surface area (Å²) in [4.78, 5) is 12.8. The standard InChI is InChI=1S/C19H18O3/c1-14-8-10-15(11-9-14)19(18(22-19)12-5-13-18)17(20)21-16-6-3-2-4-7-16/h2-4,6-11H,5,12-13H2,1H3. The van der Waals surface area contributed by atoms with Gasteiger partial charge in [-0.3, -0.25) is 0 Å². The molecule has 2 aromatic carbocycles. The topological polar surface area (TPSA) is 38.8 Å². The Hall–Kier alpha value is -2.13. The van der Waals surface area contributed by atoms with E-state index in [0.717, 1.165) is 24.8 Å². The van der Waals surface area contributed by atoms with E-state index in [9.17, 15) is 4.79 Å². The highest BCUT2D eigenvalue weighted by Gasteiger charge is 2.78. The molecule has 1 saturated carbocycles. The zero-order valence-electron chi connectivity index (χ0n) is 12.5. The van der Waals surface area contributed by atoms with Gasteiger partial charge in [0.15, 0.2) is 0 Å². The molecule has 2 fully saturated rings. The molecule has 0 bridgehead atoms. The lowest BCUT2D eigenvalue weighted by Gasteiger charge is -2.26. The van der Waals surface area contributed by atoms with Crippen LogP contribution in [-0.4, -0.2) is 11.6 Å². The Kier molecular flexibility index (Phi) is 2.88. The third kappa shape index (κ3) is 1.82. The van der Waals surface area contributed by atoms with Crippen molar-refractivity contribution in [3.63, 3.8) is 0 Å². The highest BCUT2D eigenvalue weighted by Crippen LogP contribution is 2.66. The van der Waals surface area contributed by atoms with Gasteiger partial charge in [-0.2, -0.15) is 0 Å². The monoisotopic (exact) mass is 294 g/mol. The molecule has 1 unspecified atom stereocenters. The average Bonchev–Trinajstić information content (AvgIpc) is 3.21. The highest BCUT2D eigenvalue weighted by molar-refractivity contribution is 5.88. The number of hydrogen-bond donors (Lipinski definition) is 0. The molecule has 0 aromatic heterocycles. The number of carbonyl (C=O) groups excluding carboxylic acids is 1. The number of para-hydroxylation sites is 1. The van der Waals surface area contributed by atoms with Crippen molar-refractivity contribution >= 4 is 5.97 Å². The number of ether oxygens (including phenoxy) is 2. The molecule has 4 rings (SSSR count). The van der Waals surface area contributed by atoms with Crippen LogP contribution in [0.1, 0.15) is 30.4 Å². The van der Waals surface area contributed by atoms with Crippen molar-refractivity contribution in [3.8, 4) is 5.75 Å². The number of benzene rings is 2. The summed E-state index contributed by atoms with van der Waals surface area (Å²) in [6.07, 6.45) is 2.95. The highest BCUT2D eigenvalue weighted by atomic mass is 16.7. The van der Waals surface area contributed by atoms with Gasteiger partial charge in [0, 0.05) is 0 Å². The molecule has 1 aliphatic carbocycles. The largest absolute Gasteiger partial charge is 0.424 e. The van der Waals surface area contributed by atoms with Crippen LogP contribution in [0, 0.1) is 6.92 Å². The second-order valence-electron chi connectivity index (χ2n) is 6.20. The first-order chi connectivity index (χ1) is 10.7. The van der Waals surface area contributed by atoms with Crippen molar-refractivity contribution < 1.29 is 14.3 Å². The fraction of sp³-hybridized carbons (Fsp3) is 0.316. The first kappa shape index (κ1) is 13.5. The minimum atomic E-state index is -0.922. The summed E-state index contributed by atoms with van der Waals surface area (Å²) in [5.74, 6) is 0.256. The molecule has 0 radical (unpaired) electrons. The molecule has 1 atom stereocenters. The predicted octanol–water partition coefficient (Wildman–Crippen LogP) is 3.75. The van der Waals surface area contributed by atoms with Crippen molar-refractivity contribution in [3.05, 3.63) is 65.7 Å². The van der Waals surface area contributed by atoms with Crippen LogP contribution in [0.25, 0.3) is 0 Å². The Balaban J connectivity index is 1.67. The maximum absolute atomic E-state index is 12.8. The molecular weight excluding hydrogens is 276 g/mol. The minimum Gasteiger partial charge on any atom is -0.424 e. The van der Waals surface area contributed by atoms with Crippen molar-refractivity contribution in [2.24, 2.45) is 0 Å². The molecule has 1 heterocycles.